The minimum atomic E-state index is 0.0176. The van der Waals surface area contributed by atoms with Gasteiger partial charge in [-0.05, 0) is 131 Å². The highest BCUT2D eigenvalue weighted by Gasteiger charge is 2.48. The van der Waals surface area contributed by atoms with Gasteiger partial charge in [-0.15, -0.1) is 0 Å². The van der Waals surface area contributed by atoms with Crippen LogP contribution in [-0.4, -0.2) is 13.4 Å². The molecule has 0 N–H and O–H groups in total. The number of para-hydroxylation sites is 5. The molecule has 0 unspecified atom stereocenters. The van der Waals surface area contributed by atoms with Crippen molar-refractivity contribution in [3.63, 3.8) is 0 Å². The van der Waals surface area contributed by atoms with Crippen LogP contribution in [0.15, 0.2) is 212 Å². The molecule has 60 heavy (non-hydrogen) atoms. The van der Waals surface area contributed by atoms with Crippen molar-refractivity contribution in [1.29, 1.82) is 0 Å². The average molecular weight is 765 g/mol. The molecule has 0 radical (unpaired) electrons. The molecular weight excluding hydrogens is 726 g/mol. The summed E-state index contributed by atoms with van der Waals surface area (Å²) in [6.07, 6.45) is 8.87. The van der Waals surface area contributed by atoms with Gasteiger partial charge < -0.3 is 19.6 Å². The van der Waals surface area contributed by atoms with E-state index in [2.05, 4.69) is 226 Å². The van der Waals surface area contributed by atoms with E-state index in [1.165, 1.54) is 84.0 Å². The summed E-state index contributed by atoms with van der Waals surface area (Å²) in [5.41, 5.74) is 22.7. The first kappa shape index (κ1) is 33.5. The molecule has 1 aliphatic carbocycles. The fourth-order valence-electron chi connectivity index (χ4n) is 10.9. The van der Waals surface area contributed by atoms with Crippen LogP contribution in [0.2, 0.25) is 0 Å². The van der Waals surface area contributed by atoms with Crippen molar-refractivity contribution in [3.05, 3.63) is 212 Å². The SMILES string of the molecule is C1=CCCC(N2c3ccccc3B3c4cc5c(cc4N(c4ccccc4)c4cccc2c43)N(c2ccccc2)c2cccc3c2B5c2ccccc2N3c2ccccc2)=C1. The Morgan fingerprint density at radius 2 is 0.733 bits per heavy atom. The molecule has 0 saturated carbocycles. The summed E-state index contributed by atoms with van der Waals surface area (Å²) in [6, 6.07) is 70.0. The molecule has 8 aromatic carbocycles. The average Bonchev–Trinajstić information content (AvgIpc) is 3.32. The Balaban J connectivity index is 1.14. The number of anilines is 11. The molecular formula is C54H38B2N4. The Labute approximate surface area is 351 Å². The maximum absolute atomic E-state index is 2.61. The molecule has 6 heteroatoms. The van der Waals surface area contributed by atoms with Gasteiger partial charge in [-0.2, -0.15) is 0 Å². The summed E-state index contributed by atoms with van der Waals surface area (Å²) in [4.78, 5) is 10.1. The lowest BCUT2D eigenvalue weighted by atomic mass is 9.30. The van der Waals surface area contributed by atoms with Gasteiger partial charge in [0.25, 0.3) is 13.4 Å². The van der Waals surface area contributed by atoms with E-state index in [9.17, 15) is 0 Å². The van der Waals surface area contributed by atoms with Crippen LogP contribution in [0.25, 0.3) is 0 Å². The first-order valence-corrected chi connectivity index (χ1v) is 21.2. The Bertz CT molecular complexity index is 3090. The van der Waals surface area contributed by atoms with E-state index in [0.29, 0.717) is 0 Å². The standard InChI is InChI=1S/C54H38B2N4/c1-5-19-37(20-6-1)57-45-29-15-13-27-41(45)55-43-35-44-52(36-51(43)59(39-23-9-3-10-24-39)49-33-17-31-47(57)53(49)55)60(40-25-11-4-12-26-40)50-34-18-32-48-54(50)56(44)42-28-14-16-30-46(42)58(48)38-21-7-2-8-22-38/h1-7,9-21,23-36H,8,22H2. The second-order valence-corrected chi connectivity index (χ2v) is 16.3. The van der Waals surface area contributed by atoms with Crippen LogP contribution in [0.4, 0.5) is 62.6 Å². The van der Waals surface area contributed by atoms with Crippen LogP contribution in [0.1, 0.15) is 12.8 Å². The molecule has 4 nitrogen and oxygen atoms in total. The molecule has 0 amide bonds. The molecule has 0 atom stereocenters. The van der Waals surface area contributed by atoms with Gasteiger partial charge in [-0.25, -0.2) is 0 Å². The summed E-state index contributed by atoms with van der Waals surface area (Å²) >= 11 is 0. The zero-order valence-corrected chi connectivity index (χ0v) is 33.0. The fourth-order valence-corrected chi connectivity index (χ4v) is 10.9. The molecule has 13 rings (SSSR count). The second kappa shape index (κ2) is 13.0. The number of hydrogen-bond donors (Lipinski definition) is 0. The minimum absolute atomic E-state index is 0.0176. The van der Waals surface area contributed by atoms with Gasteiger partial charge >= 0.3 is 0 Å². The molecule has 4 aliphatic heterocycles. The van der Waals surface area contributed by atoms with Crippen molar-refractivity contribution in [2.45, 2.75) is 12.8 Å². The van der Waals surface area contributed by atoms with E-state index in [1.807, 2.05) is 0 Å². The van der Waals surface area contributed by atoms with Crippen LogP contribution in [0, 0.1) is 0 Å². The summed E-state index contributed by atoms with van der Waals surface area (Å²) in [6.45, 7) is 0.0501. The third-order valence-electron chi connectivity index (χ3n) is 13.2. The van der Waals surface area contributed by atoms with Gasteiger partial charge in [0.1, 0.15) is 0 Å². The van der Waals surface area contributed by atoms with E-state index < -0.39 is 0 Å². The third-order valence-corrected chi connectivity index (χ3v) is 13.2. The fraction of sp³-hybridized carbons (Fsp3) is 0.0370. The number of fused-ring (bicyclic) bond motifs is 8. The van der Waals surface area contributed by atoms with E-state index in [1.54, 1.807) is 0 Å². The Morgan fingerprint density at radius 3 is 1.20 bits per heavy atom. The molecule has 0 aromatic heterocycles. The lowest BCUT2D eigenvalue weighted by Gasteiger charge is -2.47. The van der Waals surface area contributed by atoms with Gasteiger partial charge in [-0.3, -0.25) is 0 Å². The van der Waals surface area contributed by atoms with Crippen LogP contribution in [-0.2, 0) is 0 Å². The Kier molecular flexibility index (Phi) is 7.29. The van der Waals surface area contributed by atoms with Gasteiger partial charge in [0.05, 0.1) is 0 Å². The number of benzene rings is 8. The van der Waals surface area contributed by atoms with Gasteiger partial charge in [-0.1, -0.05) is 121 Å². The van der Waals surface area contributed by atoms with Crippen molar-refractivity contribution in [1.82, 2.24) is 0 Å². The lowest BCUT2D eigenvalue weighted by molar-refractivity contribution is 0.919. The zero-order chi connectivity index (χ0) is 39.3. The summed E-state index contributed by atoms with van der Waals surface area (Å²) in [5, 5.41) is 0. The number of allylic oxidation sites excluding steroid dienone is 4. The van der Waals surface area contributed by atoms with Crippen LogP contribution < -0.4 is 52.4 Å². The largest absolute Gasteiger partial charge is 0.315 e. The van der Waals surface area contributed by atoms with Crippen LogP contribution in [0.3, 0.4) is 0 Å². The highest BCUT2D eigenvalue weighted by atomic mass is 15.2. The lowest BCUT2D eigenvalue weighted by Crippen LogP contribution is -2.65. The highest BCUT2D eigenvalue weighted by molar-refractivity contribution is 7.03. The van der Waals surface area contributed by atoms with E-state index in [4.69, 9.17) is 0 Å². The predicted molar refractivity (Wildman–Crippen MR) is 255 cm³/mol. The maximum Gasteiger partial charge on any atom is 0.252 e. The normalized spacial score (nSPS) is 15.0. The molecule has 0 saturated heterocycles. The molecule has 0 fully saturated rings. The molecule has 8 aromatic rings. The summed E-state index contributed by atoms with van der Waals surface area (Å²) < 4.78 is 0. The second-order valence-electron chi connectivity index (χ2n) is 16.3. The van der Waals surface area contributed by atoms with Gasteiger partial charge in [0.2, 0.25) is 0 Å². The van der Waals surface area contributed by atoms with Crippen LogP contribution >= 0.6 is 0 Å². The van der Waals surface area contributed by atoms with Crippen molar-refractivity contribution in [3.8, 4) is 0 Å². The molecule has 280 valence electrons. The smallest absolute Gasteiger partial charge is 0.252 e. The van der Waals surface area contributed by atoms with Gasteiger partial charge in [0.15, 0.2) is 0 Å². The monoisotopic (exact) mass is 764 g/mol. The van der Waals surface area contributed by atoms with Crippen molar-refractivity contribution in [2.75, 3.05) is 19.6 Å². The maximum atomic E-state index is 2.61. The molecule has 4 heterocycles. The Hall–Kier alpha value is -7.43. The predicted octanol–water partition coefficient (Wildman–Crippen LogP) is 9.75. The molecule has 0 spiro atoms. The highest BCUT2D eigenvalue weighted by Crippen LogP contribution is 2.48. The van der Waals surface area contributed by atoms with E-state index in [0.717, 1.165) is 29.9 Å². The summed E-state index contributed by atoms with van der Waals surface area (Å²) in [5.74, 6) is 0. The number of nitrogens with zero attached hydrogens (tertiary/aromatic N) is 4. The number of rotatable bonds is 4. The first-order valence-electron chi connectivity index (χ1n) is 21.2. The quantitative estimate of drug-likeness (QED) is 0.166. The Morgan fingerprint density at radius 1 is 0.333 bits per heavy atom. The topological polar surface area (TPSA) is 13.0 Å². The van der Waals surface area contributed by atoms with Crippen molar-refractivity contribution >= 4 is 109 Å². The van der Waals surface area contributed by atoms with Crippen LogP contribution in [0.5, 0.6) is 0 Å². The van der Waals surface area contributed by atoms with E-state index in [-0.39, 0.29) is 13.4 Å². The van der Waals surface area contributed by atoms with Crippen molar-refractivity contribution in [2.24, 2.45) is 0 Å². The third kappa shape index (κ3) is 4.70. The first-order chi connectivity index (χ1) is 29.8. The van der Waals surface area contributed by atoms with Crippen molar-refractivity contribution < 1.29 is 0 Å². The number of hydrogen-bond acceptors (Lipinski definition) is 4. The zero-order valence-electron chi connectivity index (χ0n) is 33.0. The minimum Gasteiger partial charge on any atom is -0.315 e. The van der Waals surface area contributed by atoms with E-state index >= 15 is 0 Å². The van der Waals surface area contributed by atoms with Gasteiger partial charge in [0, 0.05) is 68.3 Å². The molecule has 5 aliphatic rings. The molecule has 0 bridgehead atoms. The summed E-state index contributed by atoms with van der Waals surface area (Å²) in [7, 11) is 0.